The van der Waals surface area contributed by atoms with Crippen LogP contribution in [-0.4, -0.2) is 96.7 Å². The van der Waals surface area contributed by atoms with E-state index < -0.39 is 97.5 Å². The minimum atomic E-state index is -4.94. The number of hydrogen-bond acceptors (Lipinski definition) is 15. The van der Waals surface area contributed by atoms with Crippen molar-refractivity contribution in [2.75, 3.05) is 39.6 Å². The first-order chi connectivity index (χ1) is 40.0. The van der Waals surface area contributed by atoms with Crippen LogP contribution in [0.4, 0.5) is 0 Å². The summed E-state index contributed by atoms with van der Waals surface area (Å²) in [7, 11) is -9.88. The predicted octanol–water partition coefficient (Wildman–Crippen LogP) is 17.8. The molecule has 0 heterocycles. The molecule has 0 aliphatic carbocycles. The van der Waals surface area contributed by atoms with Crippen LogP contribution in [0.3, 0.4) is 0 Å². The van der Waals surface area contributed by atoms with Crippen molar-refractivity contribution >= 4 is 39.5 Å². The average molecular weight is 1230 g/mol. The van der Waals surface area contributed by atoms with E-state index in [9.17, 15) is 43.2 Å². The van der Waals surface area contributed by atoms with Crippen molar-refractivity contribution in [3.05, 3.63) is 0 Å². The molecule has 0 bridgehead atoms. The maximum atomic E-state index is 13.0. The summed E-state index contributed by atoms with van der Waals surface area (Å²) in [6.07, 6.45) is 41.8. The van der Waals surface area contributed by atoms with Crippen LogP contribution >= 0.6 is 15.6 Å². The van der Waals surface area contributed by atoms with Crippen molar-refractivity contribution in [1.29, 1.82) is 0 Å². The molecule has 0 saturated heterocycles. The van der Waals surface area contributed by atoms with E-state index in [2.05, 4.69) is 34.6 Å². The highest BCUT2D eigenvalue weighted by Crippen LogP contribution is 2.45. The first-order valence-corrected chi connectivity index (χ1v) is 36.6. The number of aliphatic hydroxyl groups is 1. The number of aliphatic hydroxyl groups excluding tert-OH is 1. The Bertz CT molecular complexity index is 1620. The molecule has 0 aromatic rings. The third kappa shape index (κ3) is 58.8. The quantitative estimate of drug-likeness (QED) is 0.0222. The number of esters is 4. The van der Waals surface area contributed by atoms with Gasteiger partial charge < -0.3 is 33.8 Å². The minimum absolute atomic E-state index is 0.102. The Hall–Kier alpha value is -1.94. The summed E-state index contributed by atoms with van der Waals surface area (Å²) >= 11 is 0. The zero-order valence-electron chi connectivity index (χ0n) is 53.3. The van der Waals surface area contributed by atoms with Gasteiger partial charge in [0.05, 0.1) is 26.4 Å². The molecule has 2 unspecified atom stereocenters. The van der Waals surface area contributed by atoms with Crippen LogP contribution in [0.15, 0.2) is 0 Å². The maximum absolute atomic E-state index is 13.0. The van der Waals surface area contributed by atoms with Gasteiger partial charge in [-0.05, 0) is 31.6 Å². The van der Waals surface area contributed by atoms with Gasteiger partial charge in [0, 0.05) is 25.7 Å². The van der Waals surface area contributed by atoms with Crippen molar-refractivity contribution in [3.63, 3.8) is 0 Å². The highest BCUT2D eigenvalue weighted by Gasteiger charge is 2.30. The normalized spacial score (nSPS) is 14.2. The smallest absolute Gasteiger partial charge is 0.462 e. The first kappa shape index (κ1) is 81.1. The molecular formula is C64H124O17P2. The monoisotopic (exact) mass is 1230 g/mol. The van der Waals surface area contributed by atoms with Crippen LogP contribution < -0.4 is 0 Å². The zero-order valence-corrected chi connectivity index (χ0v) is 55.1. The molecule has 0 amide bonds. The van der Waals surface area contributed by atoms with E-state index in [1.807, 2.05) is 0 Å². The number of carbonyl (C=O) groups is 4. The number of unbranched alkanes of at least 4 members (excludes halogenated alkanes) is 36. The third-order valence-corrected chi connectivity index (χ3v) is 16.7. The van der Waals surface area contributed by atoms with Crippen molar-refractivity contribution in [3.8, 4) is 0 Å². The van der Waals surface area contributed by atoms with Gasteiger partial charge in [-0.1, -0.05) is 272 Å². The van der Waals surface area contributed by atoms with Crippen molar-refractivity contribution in [2.24, 2.45) is 5.92 Å². The molecule has 0 spiro atoms. The maximum Gasteiger partial charge on any atom is 0.472 e. The Morgan fingerprint density at radius 3 is 0.819 bits per heavy atom. The van der Waals surface area contributed by atoms with E-state index in [4.69, 9.17) is 37.0 Å². The van der Waals surface area contributed by atoms with Gasteiger partial charge in [0.25, 0.3) is 0 Å². The SMILES string of the molecule is CCCCCCCCCCCCCCCCCC(=O)O[C@H](COC(=O)CCCCCCCCCCCC)COP(=O)(O)OC[C@@H](O)COP(=O)(O)OC[C@@H](COC(=O)CCCCCCCCCCC)OC(=O)CCCCCCCCC(C)C. The van der Waals surface area contributed by atoms with Crippen LogP contribution in [0.25, 0.3) is 0 Å². The Labute approximate surface area is 505 Å². The number of phosphoric acid groups is 2. The van der Waals surface area contributed by atoms with Gasteiger partial charge in [0.1, 0.15) is 19.3 Å². The summed E-state index contributed by atoms with van der Waals surface area (Å²) in [5, 5.41) is 10.5. The summed E-state index contributed by atoms with van der Waals surface area (Å²) in [6.45, 7) is 7.09. The van der Waals surface area contributed by atoms with Gasteiger partial charge >= 0.3 is 39.5 Å². The molecule has 0 aromatic carbocycles. The Kier molecular flexibility index (Phi) is 56.4. The number of hydrogen-bond donors (Lipinski definition) is 3. The molecular weight excluding hydrogens is 1100 g/mol. The van der Waals surface area contributed by atoms with Gasteiger partial charge in [0.2, 0.25) is 0 Å². The van der Waals surface area contributed by atoms with Gasteiger partial charge in [-0.3, -0.25) is 37.3 Å². The Morgan fingerprint density at radius 2 is 0.554 bits per heavy atom. The molecule has 3 N–H and O–H groups in total. The van der Waals surface area contributed by atoms with Gasteiger partial charge in [-0.2, -0.15) is 0 Å². The van der Waals surface area contributed by atoms with E-state index in [0.717, 1.165) is 89.9 Å². The van der Waals surface area contributed by atoms with Gasteiger partial charge in [-0.15, -0.1) is 0 Å². The van der Waals surface area contributed by atoms with Crippen LogP contribution in [0.2, 0.25) is 0 Å². The lowest BCUT2D eigenvalue weighted by molar-refractivity contribution is -0.161. The molecule has 0 aliphatic rings. The number of rotatable bonds is 64. The summed E-state index contributed by atoms with van der Waals surface area (Å²) < 4.78 is 67.9. The van der Waals surface area contributed by atoms with Crippen LogP contribution in [0, 0.1) is 5.92 Å². The van der Waals surface area contributed by atoms with Crippen LogP contribution in [0.1, 0.15) is 324 Å². The molecule has 0 radical (unpaired) electrons. The standard InChI is InChI=1S/C64H124O17P2/c1-6-9-12-15-18-21-23-24-25-26-27-30-33-39-44-49-63(68)80-59(53-75-62(67)48-43-38-32-29-22-19-16-13-10-7-2)55-78-82(70,71)76-51-58(65)52-77-83(72,73)79-56-60(81-64(69)50-45-40-35-34-36-41-46-57(4)5)54-74-61(66)47-42-37-31-28-20-17-14-11-8-3/h57-60,65H,6-56H2,1-5H3,(H,70,71)(H,72,73)/t58-,59-,60-/m1/s1. The van der Waals surface area contributed by atoms with Crippen molar-refractivity contribution in [2.45, 2.75) is 342 Å². The fourth-order valence-electron chi connectivity index (χ4n) is 9.58. The number of carbonyl (C=O) groups excluding carboxylic acids is 4. The molecule has 0 aliphatic heterocycles. The molecule has 0 aromatic heterocycles. The fraction of sp³-hybridized carbons (Fsp3) is 0.938. The van der Waals surface area contributed by atoms with E-state index in [1.165, 1.54) is 148 Å². The summed E-state index contributed by atoms with van der Waals surface area (Å²) in [4.78, 5) is 72.1. The number of phosphoric ester groups is 2. The van der Waals surface area contributed by atoms with E-state index >= 15 is 0 Å². The second-order valence-electron chi connectivity index (χ2n) is 23.6. The third-order valence-electron chi connectivity index (χ3n) is 14.8. The topological polar surface area (TPSA) is 237 Å². The van der Waals surface area contributed by atoms with E-state index in [-0.39, 0.29) is 25.7 Å². The summed E-state index contributed by atoms with van der Waals surface area (Å²) in [5.74, 6) is -1.47. The Morgan fingerprint density at radius 1 is 0.325 bits per heavy atom. The molecule has 0 rings (SSSR count). The lowest BCUT2D eigenvalue weighted by atomic mass is 10.0. The molecule has 19 heteroatoms. The highest BCUT2D eigenvalue weighted by molar-refractivity contribution is 7.47. The second-order valence-corrected chi connectivity index (χ2v) is 26.5. The molecule has 492 valence electrons. The largest absolute Gasteiger partial charge is 0.472 e. The van der Waals surface area contributed by atoms with E-state index in [0.29, 0.717) is 31.6 Å². The lowest BCUT2D eigenvalue weighted by Crippen LogP contribution is -2.30. The molecule has 5 atom stereocenters. The van der Waals surface area contributed by atoms with Gasteiger partial charge in [0.15, 0.2) is 12.2 Å². The van der Waals surface area contributed by atoms with Crippen molar-refractivity contribution in [1.82, 2.24) is 0 Å². The number of ether oxygens (including phenoxy) is 4. The van der Waals surface area contributed by atoms with Crippen LogP contribution in [-0.2, 0) is 65.4 Å². The summed E-state index contributed by atoms with van der Waals surface area (Å²) in [5.41, 5.74) is 0. The molecule has 17 nitrogen and oxygen atoms in total. The molecule has 0 fully saturated rings. The second kappa shape index (κ2) is 57.8. The summed E-state index contributed by atoms with van der Waals surface area (Å²) in [6, 6.07) is 0. The first-order valence-electron chi connectivity index (χ1n) is 33.6. The van der Waals surface area contributed by atoms with Crippen LogP contribution in [0.5, 0.6) is 0 Å². The van der Waals surface area contributed by atoms with E-state index in [1.54, 1.807) is 0 Å². The lowest BCUT2D eigenvalue weighted by Gasteiger charge is -2.21. The zero-order chi connectivity index (χ0) is 61.3. The average Bonchev–Trinajstić information content (AvgIpc) is 3.45. The predicted molar refractivity (Wildman–Crippen MR) is 331 cm³/mol. The fourth-order valence-corrected chi connectivity index (χ4v) is 11.2. The minimum Gasteiger partial charge on any atom is -0.462 e. The molecule has 0 saturated carbocycles. The van der Waals surface area contributed by atoms with Gasteiger partial charge in [-0.25, -0.2) is 9.13 Å². The Balaban J connectivity index is 5.21. The van der Waals surface area contributed by atoms with Crippen molar-refractivity contribution < 1.29 is 80.2 Å². The molecule has 83 heavy (non-hydrogen) atoms. The highest BCUT2D eigenvalue weighted by atomic mass is 31.2.